The van der Waals surface area contributed by atoms with Gasteiger partial charge in [-0.05, 0) is 87.1 Å². The predicted molar refractivity (Wildman–Crippen MR) is 159 cm³/mol. The summed E-state index contributed by atoms with van der Waals surface area (Å²) in [6.07, 6.45) is 6.71. The van der Waals surface area contributed by atoms with Crippen molar-refractivity contribution in [3.05, 3.63) is 59.7 Å². The van der Waals surface area contributed by atoms with E-state index in [1.54, 1.807) is 21.1 Å². The number of ether oxygens (including phenoxy) is 2. The Balaban J connectivity index is 0.000000547. The van der Waals surface area contributed by atoms with Crippen molar-refractivity contribution < 1.29 is 23.5 Å². The summed E-state index contributed by atoms with van der Waals surface area (Å²) in [7, 11) is 3.21. The average molecular weight is 572 g/mol. The zero-order valence-electron chi connectivity index (χ0n) is 24.3. The molecule has 1 aromatic carbocycles. The Morgan fingerprint density at radius 3 is 2.27 bits per heavy atom. The van der Waals surface area contributed by atoms with Gasteiger partial charge in [0.25, 0.3) is 5.91 Å². The molecule has 1 aromatic heterocycles. The number of pyridine rings is 1. The first-order chi connectivity index (χ1) is 19.1. The van der Waals surface area contributed by atoms with Gasteiger partial charge in [0.05, 0.1) is 31.7 Å². The molecule has 1 aliphatic carbocycles. The zero-order chi connectivity index (χ0) is 29.2. The summed E-state index contributed by atoms with van der Waals surface area (Å²) >= 11 is 2.10. The van der Waals surface area contributed by atoms with Crippen LogP contribution in [0.4, 0.5) is 4.39 Å². The number of hydrogen-bond donors (Lipinski definition) is 1. The summed E-state index contributed by atoms with van der Waals surface area (Å²) in [5, 5.41) is 3.45. The SMILES string of the molecule is C=C(NC1CCC(N(C(C)=O)C(=O)c2cc(F)cnc2C)CC1)c1cc(OC)ccc1OC.CC1CCSCC1. The molecule has 2 fully saturated rings. The third-order valence-electron chi connectivity index (χ3n) is 7.52. The fraction of sp³-hybridized carbons (Fsp3) is 0.516. The van der Waals surface area contributed by atoms with Crippen molar-refractivity contribution in [2.75, 3.05) is 25.7 Å². The van der Waals surface area contributed by atoms with Crippen LogP contribution in [0.5, 0.6) is 11.5 Å². The van der Waals surface area contributed by atoms with Gasteiger partial charge in [0.2, 0.25) is 5.91 Å². The largest absolute Gasteiger partial charge is 0.497 e. The summed E-state index contributed by atoms with van der Waals surface area (Å²) in [5.74, 6) is 3.75. The minimum atomic E-state index is -0.605. The molecule has 7 nitrogen and oxygen atoms in total. The Kier molecular flexibility index (Phi) is 11.9. The number of nitrogens with one attached hydrogen (secondary N) is 1. The number of carbonyl (C=O) groups is 2. The molecule has 0 bridgehead atoms. The Hall–Kier alpha value is -3.07. The van der Waals surface area contributed by atoms with Crippen LogP contribution in [0.2, 0.25) is 0 Å². The van der Waals surface area contributed by atoms with E-state index in [0.717, 1.165) is 42.3 Å². The zero-order valence-corrected chi connectivity index (χ0v) is 25.1. The van der Waals surface area contributed by atoms with Crippen molar-refractivity contribution in [3.63, 3.8) is 0 Å². The molecule has 2 amide bonds. The number of aryl methyl sites for hydroxylation is 1. The summed E-state index contributed by atoms with van der Waals surface area (Å²) in [4.78, 5) is 30.6. The Labute approximate surface area is 241 Å². The molecule has 2 aromatic rings. The highest BCUT2D eigenvalue weighted by atomic mass is 32.2. The van der Waals surface area contributed by atoms with Crippen molar-refractivity contribution in [1.29, 1.82) is 0 Å². The lowest BCUT2D eigenvalue weighted by Crippen LogP contribution is -2.47. The number of hydrogen-bond acceptors (Lipinski definition) is 7. The number of benzene rings is 1. The highest BCUT2D eigenvalue weighted by molar-refractivity contribution is 7.99. The van der Waals surface area contributed by atoms with Crippen LogP contribution >= 0.6 is 11.8 Å². The van der Waals surface area contributed by atoms with Gasteiger partial charge in [-0.3, -0.25) is 19.5 Å². The number of carbonyl (C=O) groups excluding carboxylic acids is 2. The number of imide groups is 1. The summed E-state index contributed by atoms with van der Waals surface area (Å²) in [5.41, 5.74) is 2.04. The topological polar surface area (TPSA) is 80.8 Å². The van der Waals surface area contributed by atoms with Crippen LogP contribution in [0, 0.1) is 18.7 Å². The fourth-order valence-corrected chi connectivity index (χ4v) is 6.43. The standard InChI is InChI=1S/C25H30FN3O4.C6H12S/c1-15-23(12-18(26)14-27-15)25(31)29(17(3)30)20-8-6-19(7-9-20)28-16(2)22-13-21(32-4)10-11-24(22)33-5;1-6-2-4-7-5-3-6/h10-14,19-20,28H,2,6-9H2,1,3-5H3;6H,2-5H2,1H3. The van der Waals surface area contributed by atoms with Crippen molar-refractivity contribution in [2.24, 2.45) is 5.92 Å². The highest BCUT2D eigenvalue weighted by Crippen LogP contribution is 2.31. The molecule has 9 heteroatoms. The van der Waals surface area contributed by atoms with Crippen LogP contribution in [-0.2, 0) is 4.79 Å². The minimum Gasteiger partial charge on any atom is -0.497 e. The van der Waals surface area contributed by atoms with Gasteiger partial charge in [-0.15, -0.1) is 0 Å². The molecule has 1 N–H and O–H groups in total. The van der Waals surface area contributed by atoms with Crippen LogP contribution < -0.4 is 14.8 Å². The molecular formula is C31H42FN3O4S. The van der Waals surface area contributed by atoms with E-state index in [1.165, 1.54) is 36.2 Å². The van der Waals surface area contributed by atoms with E-state index in [-0.39, 0.29) is 23.6 Å². The molecule has 1 saturated carbocycles. The smallest absolute Gasteiger partial charge is 0.262 e. The van der Waals surface area contributed by atoms with Crippen molar-refractivity contribution in [2.45, 2.75) is 71.4 Å². The van der Waals surface area contributed by atoms with Gasteiger partial charge in [-0.1, -0.05) is 13.5 Å². The van der Waals surface area contributed by atoms with Gasteiger partial charge in [0.1, 0.15) is 17.3 Å². The van der Waals surface area contributed by atoms with Gasteiger partial charge in [-0.25, -0.2) is 4.39 Å². The number of halogens is 1. The first-order valence-electron chi connectivity index (χ1n) is 13.9. The molecule has 4 rings (SSSR count). The van der Waals surface area contributed by atoms with E-state index in [1.807, 2.05) is 18.2 Å². The summed E-state index contributed by atoms with van der Waals surface area (Å²) in [6.45, 7) is 9.50. The van der Waals surface area contributed by atoms with Crippen LogP contribution in [0.3, 0.4) is 0 Å². The number of thioether (sulfide) groups is 1. The first kappa shape index (κ1) is 31.5. The maximum Gasteiger partial charge on any atom is 0.262 e. The molecule has 0 unspecified atom stereocenters. The van der Waals surface area contributed by atoms with E-state index in [9.17, 15) is 14.0 Å². The van der Waals surface area contributed by atoms with E-state index in [0.29, 0.717) is 30.0 Å². The second kappa shape index (κ2) is 15.1. The number of aromatic nitrogens is 1. The number of rotatable bonds is 7. The lowest BCUT2D eigenvalue weighted by molar-refractivity contribution is -0.128. The average Bonchev–Trinajstić information content (AvgIpc) is 2.95. The third kappa shape index (κ3) is 8.46. The Bertz CT molecular complexity index is 1180. The monoisotopic (exact) mass is 571 g/mol. The van der Waals surface area contributed by atoms with Gasteiger partial charge >= 0.3 is 0 Å². The predicted octanol–water partition coefficient (Wildman–Crippen LogP) is 6.26. The van der Waals surface area contributed by atoms with Gasteiger partial charge in [-0.2, -0.15) is 11.8 Å². The van der Waals surface area contributed by atoms with E-state index < -0.39 is 11.7 Å². The Morgan fingerprint density at radius 1 is 1.05 bits per heavy atom. The fourth-order valence-electron chi connectivity index (χ4n) is 5.09. The molecule has 0 spiro atoms. The van der Waals surface area contributed by atoms with Crippen molar-refractivity contribution >= 4 is 29.3 Å². The van der Waals surface area contributed by atoms with Crippen LogP contribution in [0.15, 0.2) is 37.0 Å². The number of nitrogens with zero attached hydrogens (tertiary/aromatic N) is 2. The van der Waals surface area contributed by atoms with Crippen molar-refractivity contribution in [3.8, 4) is 11.5 Å². The number of amides is 2. The second-order valence-corrected chi connectivity index (χ2v) is 11.7. The van der Waals surface area contributed by atoms with Gasteiger partial charge in [0, 0.05) is 30.3 Å². The highest BCUT2D eigenvalue weighted by Gasteiger charge is 2.33. The molecule has 1 saturated heterocycles. The lowest BCUT2D eigenvalue weighted by Gasteiger charge is -2.36. The second-order valence-electron chi connectivity index (χ2n) is 10.5. The maximum atomic E-state index is 13.7. The molecule has 0 radical (unpaired) electrons. The summed E-state index contributed by atoms with van der Waals surface area (Å²) in [6, 6.07) is 6.54. The van der Waals surface area contributed by atoms with Gasteiger partial charge < -0.3 is 14.8 Å². The third-order valence-corrected chi connectivity index (χ3v) is 8.57. The van der Waals surface area contributed by atoms with Gasteiger partial charge in [0.15, 0.2) is 0 Å². The maximum absolute atomic E-state index is 13.7. The number of methoxy groups -OCH3 is 2. The molecule has 218 valence electrons. The quantitative estimate of drug-likeness (QED) is 0.420. The molecule has 0 atom stereocenters. The lowest BCUT2D eigenvalue weighted by atomic mass is 9.89. The Morgan fingerprint density at radius 2 is 1.73 bits per heavy atom. The molecule has 2 aliphatic rings. The van der Waals surface area contributed by atoms with E-state index in [4.69, 9.17) is 9.47 Å². The van der Waals surface area contributed by atoms with Crippen LogP contribution in [0.1, 0.15) is 74.0 Å². The normalized spacial score (nSPS) is 19.1. The first-order valence-corrected chi connectivity index (χ1v) is 15.0. The van der Waals surface area contributed by atoms with Crippen LogP contribution in [0.25, 0.3) is 5.70 Å². The molecule has 40 heavy (non-hydrogen) atoms. The van der Waals surface area contributed by atoms with E-state index >= 15 is 0 Å². The summed E-state index contributed by atoms with van der Waals surface area (Å²) < 4.78 is 24.4. The molecule has 1 aliphatic heterocycles. The minimum absolute atomic E-state index is 0.115. The molecule has 2 heterocycles. The van der Waals surface area contributed by atoms with Crippen molar-refractivity contribution in [1.82, 2.24) is 15.2 Å². The molecular weight excluding hydrogens is 529 g/mol. The van der Waals surface area contributed by atoms with Crippen LogP contribution in [-0.4, -0.2) is 59.5 Å². The van der Waals surface area contributed by atoms with E-state index in [2.05, 4.69) is 35.6 Å².